The molecule has 0 aliphatic carbocycles. The monoisotopic (exact) mass is 2330 g/mol. The summed E-state index contributed by atoms with van der Waals surface area (Å²) in [7, 11) is 1.62. The summed E-state index contributed by atoms with van der Waals surface area (Å²) >= 11 is 64.2. The van der Waals surface area contributed by atoms with Gasteiger partial charge in [-0.15, -0.1) is 0 Å². The Kier molecular flexibility index (Phi) is 56.5. The van der Waals surface area contributed by atoms with Gasteiger partial charge in [0.05, 0.1) is 90.2 Å². The fourth-order valence-corrected chi connectivity index (χ4v) is 17.3. The Morgan fingerprint density at radius 2 is 0.683 bits per heavy atom. The molecular formula is C108H113Br3Cl9F4N21. The molecule has 762 valence electrons. The van der Waals surface area contributed by atoms with Gasteiger partial charge in [-0.05, 0) is 187 Å². The van der Waals surface area contributed by atoms with Crippen LogP contribution in [0.1, 0.15) is 138 Å². The number of amidine groups is 3. The Bertz CT molecular complexity index is 5990. The standard InChI is InChI=1S/C15H13Cl2N3.C13H12ClF3N2.C13H15ClN2.C12H12Br2N2.C12H13BrN2.C12H13ClN2.C12H13FN2.C10H11Cl2N3.C9H11Cl2N3/c16-13-7-4-8-14(17)12(13)9-19-10-15(18)20-11-5-2-1-3-6-11;14-12-5-1-4-11(13(15,16)17)10(12)8-18-7-9-3-2-6-19-9;1-10-4-2-6-13(14)12(10)9-15-8-11-5-3-7-16-11;13-11-4-1-5-12(14)10(11)8-15-7-9-3-2-6-16-9;3*13-12-6-2-1-4-10(12)8-14-9-11-5-3-7-15-11;1-14-10(13)6-15-5-7-8(11)3-2-4-9(7)12;10-7-2-1-3-8(11)6(7)4-14-5-9(12)13/h1-9H,10H2,(H2,18,20);1,4-5,8H,2-3,6-7H2;2,4,6,9H,3,5,7-8H2,1H3;1,4-5,8H,2-3,6-7H2;3*1-2,4,6,8H,3,5,7,9H2;2-5H,6H2,1H3,(H2,13,14);1-3,14H,4-5H2,(H3,12,13). The van der Waals surface area contributed by atoms with E-state index in [1.807, 2.05) is 147 Å². The number of nitrogens with two attached hydrogens (primary N) is 3. The van der Waals surface area contributed by atoms with Gasteiger partial charge in [0.25, 0.3) is 0 Å². The van der Waals surface area contributed by atoms with E-state index < -0.39 is 11.7 Å². The van der Waals surface area contributed by atoms with Crippen molar-refractivity contribution in [3.8, 4) is 0 Å². The van der Waals surface area contributed by atoms with E-state index in [9.17, 15) is 17.6 Å². The number of aliphatic imine (C=N–C) groups is 16. The number of hydrogen-bond acceptors (Lipinski definition) is 18. The molecule has 0 amide bonds. The van der Waals surface area contributed by atoms with Crippen molar-refractivity contribution >= 4 is 259 Å². The van der Waals surface area contributed by atoms with Crippen LogP contribution < -0.4 is 22.5 Å². The fourth-order valence-electron chi connectivity index (χ4n) is 13.5. The Morgan fingerprint density at radius 1 is 0.359 bits per heavy atom. The van der Waals surface area contributed by atoms with Gasteiger partial charge in [-0.25, -0.2) is 9.38 Å². The fraction of sp³-hybridized carbons (Fsp3) is 0.287. The topological polar surface area (TPSA) is 312 Å². The zero-order chi connectivity index (χ0) is 104. The zero-order valence-corrected chi connectivity index (χ0v) is 91.6. The lowest BCUT2D eigenvalue weighted by molar-refractivity contribution is -0.137. The number of nitrogens with one attached hydrogen (secondary N) is 2. The summed E-state index contributed by atoms with van der Waals surface area (Å²) in [5.74, 6) is 0.757. The minimum atomic E-state index is -4.43. The Balaban J connectivity index is 0.000000200. The normalized spacial score (nSPS) is 14.4. The molecule has 0 saturated heterocycles. The summed E-state index contributed by atoms with van der Waals surface area (Å²) in [4.78, 5) is 68.1. The lowest BCUT2D eigenvalue weighted by atomic mass is 10.1. The van der Waals surface area contributed by atoms with Crippen molar-refractivity contribution in [1.29, 1.82) is 5.41 Å². The minimum absolute atomic E-state index is 0.0481. The third kappa shape index (κ3) is 46.8. The van der Waals surface area contributed by atoms with Crippen molar-refractivity contribution in [2.24, 2.45) is 97.1 Å². The van der Waals surface area contributed by atoms with E-state index in [1.54, 1.807) is 98.5 Å². The summed E-state index contributed by atoms with van der Waals surface area (Å²) in [6.07, 6.45) is 22.2. The molecular weight excluding hydrogens is 2230 g/mol. The maximum Gasteiger partial charge on any atom is 0.417 e. The number of aryl methyl sites for hydroxylation is 1. The van der Waals surface area contributed by atoms with Crippen molar-refractivity contribution in [2.45, 2.75) is 96.7 Å². The van der Waals surface area contributed by atoms with E-state index in [1.165, 1.54) is 72.9 Å². The Hall–Kier alpha value is -10.3. The minimum Gasteiger partial charge on any atom is -0.387 e. The summed E-state index contributed by atoms with van der Waals surface area (Å²) in [5.41, 5.74) is 31.5. The van der Waals surface area contributed by atoms with Gasteiger partial charge in [-0.1, -0.05) is 267 Å². The first-order valence-electron chi connectivity index (χ1n) is 46.4. The molecule has 6 aliphatic rings. The second-order valence-corrected chi connectivity index (χ2v) is 38.4. The van der Waals surface area contributed by atoms with Crippen LogP contribution in [0.4, 0.5) is 23.2 Å². The van der Waals surface area contributed by atoms with Crippen LogP contribution >= 0.6 is 152 Å². The van der Waals surface area contributed by atoms with Crippen LogP contribution in [-0.4, -0.2) is 207 Å². The van der Waals surface area contributed by atoms with Gasteiger partial charge in [0, 0.05) is 225 Å². The van der Waals surface area contributed by atoms with Crippen molar-refractivity contribution in [3.63, 3.8) is 0 Å². The average molecular weight is 2340 g/mol. The SMILES string of the molecule is Brc1cccc(Br)c1C=NCC1=NCCC1.Brc1ccccc1C=NCC1=NCCC1.CN=C(N)CN=Cc1c(Cl)cccc1Cl.Cc1cccc(Cl)c1C=NCC1=NCCC1.Clc1ccccc1C=NCC1=NCCC1.FC(F)(F)c1cccc(Cl)c1C=NCC1=NCCC1.Fc1ccccc1C=NCC1=NCCC1.N=C(N)CNCc1c(Cl)cccc1Cl.NC(CN=Cc1c(Cl)cccc1Cl)=Nc1ccccc1. The average Bonchev–Trinajstić information content (AvgIpc) is 1.65. The molecule has 145 heavy (non-hydrogen) atoms. The lowest BCUT2D eigenvalue weighted by Crippen LogP contribution is -2.27. The summed E-state index contributed by atoms with van der Waals surface area (Å²) in [5, 5.41) is 15.0. The van der Waals surface area contributed by atoms with E-state index in [0.717, 1.165) is 184 Å². The first-order valence-corrected chi connectivity index (χ1v) is 52.2. The van der Waals surface area contributed by atoms with Crippen molar-refractivity contribution in [3.05, 3.63) is 338 Å². The maximum atomic E-state index is 13.2. The zero-order valence-electron chi connectivity index (χ0n) is 80.1. The second-order valence-electron chi connectivity index (χ2n) is 32.2. The molecule has 0 bridgehead atoms. The molecule has 10 aromatic carbocycles. The van der Waals surface area contributed by atoms with Crippen molar-refractivity contribution < 1.29 is 17.6 Å². The molecule has 0 fully saturated rings. The lowest BCUT2D eigenvalue weighted by Gasteiger charge is -2.10. The van der Waals surface area contributed by atoms with E-state index in [4.69, 9.17) is 127 Å². The van der Waals surface area contributed by atoms with E-state index in [-0.39, 0.29) is 28.8 Å². The Labute approximate surface area is 916 Å². The van der Waals surface area contributed by atoms with E-state index >= 15 is 0 Å². The number of hydrogen-bond donors (Lipinski definition) is 5. The van der Waals surface area contributed by atoms with Gasteiger partial charge in [-0.3, -0.25) is 80.3 Å². The first kappa shape index (κ1) is 120. The van der Waals surface area contributed by atoms with Gasteiger partial charge in [-0.2, -0.15) is 13.2 Å². The van der Waals surface area contributed by atoms with Gasteiger partial charge < -0.3 is 22.5 Å². The van der Waals surface area contributed by atoms with Crippen LogP contribution in [-0.2, 0) is 12.7 Å². The van der Waals surface area contributed by atoms with Crippen LogP contribution in [0.25, 0.3) is 0 Å². The molecule has 8 N–H and O–H groups in total. The van der Waals surface area contributed by atoms with Crippen molar-refractivity contribution in [2.75, 3.05) is 105 Å². The molecule has 10 aromatic rings. The number of alkyl halides is 3. The molecule has 6 heterocycles. The van der Waals surface area contributed by atoms with Crippen LogP contribution in [0, 0.1) is 18.2 Å². The molecule has 0 radical (unpaired) electrons. The van der Waals surface area contributed by atoms with E-state index in [2.05, 4.69) is 133 Å². The van der Waals surface area contributed by atoms with Gasteiger partial charge in [0.2, 0.25) is 0 Å². The molecule has 0 aromatic heterocycles. The summed E-state index contributed by atoms with van der Waals surface area (Å²) in [6, 6.07) is 63.5. The van der Waals surface area contributed by atoms with Crippen LogP contribution in [0.5, 0.6) is 0 Å². The van der Waals surface area contributed by atoms with Gasteiger partial charge in [0.1, 0.15) is 23.3 Å². The predicted molar refractivity (Wildman–Crippen MR) is 624 cm³/mol. The van der Waals surface area contributed by atoms with Crippen molar-refractivity contribution in [1.82, 2.24) is 5.32 Å². The molecule has 37 heteroatoms. The predicted octanol–water partition coefficient (Wildman–Crippen LogP) is 28.3. The molecule has 16 rings (SSSR count). The number of nitrogens with zero attached hydrogens (tertiary/aromatic N) is 16. The third-order valence-electron chi connectivity index (χ3n) is 21.0. The highest BCUT2D eigenvalue weighted by Crippen LogP contribution is 2.35. The molecule has 0 spiro atoms. The summed E-state index contributed by atoms with van der Waals surface area (Å²) in [6.45, 7) is 13.0. The maximum absolute atomic E-state index is 13.2. The number of para-hydroxylation sites is 1. The van der Waals surface area contributed by atoms with E-state index in [0.29, 0.717) is 104 Å². The van der Waals surface area contributed by atoms with Crippen LogP contribution in [0.2, 0.25) is 45.2 Å². The highest BCUT2D eigenvalue weighted by molar-refractivity contribution is 9.11. The van der Waals surface area contributed by atoms with Crippen LogP contribution in [0.3, 0.4) is 0 Å². The number of benzene rings is 10. The largest absolute Gasteiger partial charge is 0.417 e. The Morgan fingerprint density at radius 3 is 1.09 bits per heavy atom. The second kappa shape index (κ2) is 68.3. The molecule has 6 aliphatic heterocycles. The molecule has 0 atom stereocenters. The van der Waals surface area contributed by atoms with Crippen LogP contribution in [0.15, 0.2) is 306 Å². The third-order valence-corrected chi connectivity index (χ3v) is 26.2. The van der Waals surface area contributed by atoms with Gasteiger partial charge >= 0.3 is 6.18 Å². The smallest absolute Gasteiger partial charge is 0.387 e. The van der Waals surface area contributed by atoms with Gasteiger partial charge in [0.15, 0.2) is 0 Å². The summed E-state index contributed by atoms with van der Waals surface area (Å²) < 4.78 is 54.8. The first-order chi connectivity index (χ1) is 70.0. The quantitative estimate of drug-likeness (QED) is 0.0173. The highest BCUT2D eigenvalue weighted by Gasteiger charge is 2.34. The molecule has 0 saturated carbocycles. The highest BCUT2D eigenvalue weighted by atomic mass is 79.9. The number of halogens is 16. The molecule has 21 nitrogen and oxygen atoms in total. The number of rotatable bonds is 29. The molecule has 0 unspecified atom stereocenters.